The normalized spacial score (nSPS) is 28.6. The van der Waals surface area contributed by atoms with Crippen molar-refractivity contribution in [1.29, 1.82) is 0 Å². The number of ether oxygens (including phenoxy) is 1. The van der Waals surface area contributed by atoms with Gasteiger partial charge in [0.25, 0.3) is 0 Å². The zero-order valence-corrected chi connectivity index (χ0v) is 17.5. The first kappa shape index (κ1) is 20.2. The number of nitrogens with zero attached hydrogens (tertiary/aromatic N) is 2. The van der Waals surface area contributed by atoms with E-state index in [9.17, 15) is 9.59 Å². The van der Waals surface area contributed by atoms with Crippen molar-refractivity contribution in [1.82, 2.24) is 9.80 Å². The van der Waals surface area contributed by atoms with Crippen LogP contribution in [0.5, 0.6) is 0 Å². The Labute approximate surface area is 170 Å². The Morgan fingerprint density at radius 2 is 1.57 bits per heavy atom. The molecule has 1 unspecified atom stereocenters. The van der Waals surface area contributed by atoms with E-state index in [2.05, 4.69) is 4.90 Å². The van der Waals surface area contributed by atoms with Crippen molar-refractivity contribution in [3.8, 4) is 0 Å². The van der Waals surface area contributed by atoms with Gasteiger partial charge in [0, 0.05) is 38.5 Å². The molecule has 0 aromatic rings. The SMILES string of the molecule is O=C(CCC1CN(C(=O)C2CCCCC2)CC12CCCCC2)N1CCOCC1. The summed E-state index contributed by atoms with van der Waals surface area (Å²) in [5, 5.41) is 0. The lowest BCUT2D eigenvalue weighted by Gasteiger charge is -2.38. The van der Waals surface area contributed by atoms with E-state index >= 15 is 0 Å². The highest BCUT2D eigenvalue weighted by Gasteiger charge is 2.48. The van der Waals surface area contributed by atoms with Gasteiger partial charge >= 0.3 is 0 Å². The van der Waals surface area contributed by atoms with Gasteiger partial charge in [-0.1, -0.05) is 38.5 Å². The maximum absolute atomic E-state index is 13.2. The van der Waals surface area contributed by atoms with E-state index in [1.807, 2.05) is 4.90 Å². The molecule has 0 N–H and O–H groups in total. The van der Waals surface area contributed by atoms with Gasteiger partial charge in [0.1, 0.15) is 0 Å². The number of likely N-dealkylation sites (tertiary alicyclic amines) is 1. The number of hydrogen-bond acceptors (Lipinski definition) is 3. The molecule has 0 aromatic heterocycles. The summed E-state index contributed by atoms with van der Waals surface area (Å²) in [6.45, 7) is 4.66. The number of morpholine rings is 1. The lowest BCUT2D eigenvalue weighted by atomic mass is 9.66. The van der Waals surface area contributed by atoms with E-state index in [1.165, 1.54) is 51.4 Å². The van der Waals surface area contributed by atoms with E-state index in [-0.39, 0.29) is 17.2 Å². The van der Waals surface area contributed by atoms with Crippen LogP contribution in [0.1, 0.15) is 77.0 Å². The van der Waals surface area contributed by atoms with Crippen molar-refractivity contribution in [2.75, 3.05) is 39.4 Å². The summed E-state index contributed by atoms with van der Waals surface area (Å²) in [6.07, 6.45) is 13.9. The molecular formula is C23H38N2O3. The van der Waals surface area contributed by atoms with E-state index < -0.39 is 0 Å². The molecule has 2 aliphatic heterocycles. The van der Waals surface area contributed by atoms with Gasteiger partial charge in [-0.2, -0.15) is 0 Å². The lowest BCUT2D eigenvalue weighted by Crippen LogP contribution is -2.41. The molecule has 1 atom stereocenters. The molecular weight excluding hydrogens is 352 g/mol. The fourth-order valence-electron chi connectivity index (χ4n) is 6.30. The average Bonchev–Trinajstić information content (AvgIpc) is 3.10. The number of carbonyl (C=O) groups is 2. The topological polar surface area (TPSA) is 49.9 Å². The predicted octanol–water partition coefficient (Wildman–Crippen LogP) is 3.61. The number of amides is 2. The zero-order chi connectivity index (χ0) is 19.4. The van der Waals surface area contributed by atoms with Gasteiger partial charge in [0.05, 0.1) is 13.2 Å². The summed E-state index contributed by atoms with van der Waals surface area (Å²) in [5.74, 6) is 1.48. The molecule has 2 saturated carbocycles. The maximum atomic E-state index is 13.2. The van der Waals surface area contributed by atoms with Gasteiger partial charge in [0.15, 0.2) is 0 Å². The second-order valence-electron chi connectivity index (χ2n) is 9.71. The van der Waals surface area contributed by atoms with Crippen LogP contribution >= 0.6 is 0 Å². The minimum atomic E-state index is 0.267. The number of carbonyl (C=O) groups excluding carboxylic acids is 2. The minimum absolute atomic E-state index is 0.267. The van der Waals surface area contributed by atoms with E-state index in [0.29, 0.717) is 31.5 Å². The van der Waals surface area contributed by atoms with Crippen LogP contribution < -0.4 is 0 Å². The van der Waals surface area contributed by atoms with Crippen LogP contribution in [0, 0.1) is 17.3 Å². The largest absolute Gasteiger partial charge is 0.378 e. The molecule has 4 fully saturated rings. The highest BCUT2D eigenvalue weighted by atomic mass is 16.5. The molecule has 2 heterocycles. The summed E-state index contributed by atoms with van der Waals surface area (Å²) in [4.78, 5) is 30.1. The predicted molar refractivity (Wildman–Crippen MR) is 109 cm³/mol. The van der Waals surface area contributed by atoms with Crippen LogP contribution in [0.4, 0.5) is 0 Å². The number of rotatable bonds is 4. The molecule has 4 rings (SSSR count). The molecule has 0 radical (unpaired) electrons. The summed E-state index contributed by atoms with van der Waals surface area (Å²) < 4.78 is 5.38. The van der Waals surface area contributed by atoms with Crippen LogP contribution in [-0.4, -0.2) is 61.0 Å². The minimum Gasteiger partial charge on any atom is -0.378 e. The van der Waals surface area contributed by atoms with E-state index in [4.69, 9.17) is 4.74 Å². The summed E-state index contributed by atoms with van der Waals surface area (Å²) in [7, 11) is 0. The molecule has 4 aliphatic rings. The Kier molecular flexibility index (Phi) is 6.59. The zero-order valence-electron chi connectivity index (χ0n) is 17.5. The van der Waals surface area contributed by atoms with Gasteiger partial charge < -0.3 is 14.5 Å². The number of hydrogen-bond donors (Lipinski definition) is 0. The summed E-state index contributed by atoms with van der Waals surface area (Å²) in [5.41, 5.74) is 0.286. The van der Waals surface area contributed by atoms with Gasteiger partial charge in [0.2, 0.25) is 11.8 Å². The molecule has 0 aromatic carbocycles. The van der Waals surface area contributed by atoms with Crippen LogP contribution in [-0.2, 0) is 14.3 Å². The first-order valence-corrected chi connectivity index (χ1v) is 11.8. The average molecular weight is 391 g/mol. The van der Waals surface area contributed by atoms with Crippen molar-refractivity contribution in [3.63, 3.8) is 0 Å². The van der Waals surface area contributed by atoms with Crippen molar-refractivity contribution in [3.05, 3.63) is 0 Å². The Balaban J connectivity index is 1.38. The Hall–Kier alpha value is -1.10. The first-order valence-electron chi connectivity index (χ1n) is 11.8. The summed E-state index contributed by atoms with van der Waals surface area (Å²) >= 11 is 0. The third kappa shape index (κ3) is 4.39. The second-order valence-corrected chi connectivity index (χ2v) is 9.71. The Bertz CT molecular complexity index is 546. The lowest BCUT2D eigenvalue weighted by molar-refractivity contribution is -0.136. The van der Waals surface area contributed by atoms with E-state index in [0.717, 1.165) is 45.4 Å². The van der Waals surface area contributed by atoms with Gasteiger partial charge in [-0.25, -0.2) is 0 Å². The quantitative estimate of drug-likeness (QED) is 0.737. The third-order valence-corrected chi connectivity index (χ3v) is 8.00. The van der Waals surface area contributed by atoms with Gasteiger partial charge in [-0.15, -0.1) is 0 Å². The van der Waals surface area contributed by atoms with Crippen LogP contribution in [0.3, 0.4) is 0 Å². The first-order chi connectivity index (χ1) is 13.7. The van der Waals surface area contributed by atoms with Crippen molar-refractivity contribution < 1.29 is 14.3 Å². The Morgan fingerprint density at radius 3 is 2.29 bits per heavy atom. The van der Waals surface area contributed by atoms with Crippen LogP contribution in [0.2, 0.25) is 0 Å². The third-order valence-electron chi connectivity index (χ3n) is 8.00. The highest BCUT2D eigenvalue weighted by molar-refractivity contribution is 5.79. The van der Waals surface area contributed by atoms with E-state index in [1.54, 1.807) is 0 Å². The molecule has 2 aliphatic carbocycles. The fourth-order valence-corrected chi connectivity index (χ4v) is 6.30. The van der Waals surface area contributed by atoms with Crippen molar-refractivity contribution in [2.24, 2.45) is 17.3 Å². The molecule has 1 spiro atoms. The standard InChI is InChI=1S/C23H38N2O3/c26-21(24-13-15-28-16-14-24)10-9-20-17-25(18-23(20)11-5-2-6-12-23)22(27)19-7-3-1-4-8-19/h19-20H,1-18H2. The van der Waals surface area contributed by atoms with Gasteiger partial charge in [-0.3, -0.25) is 9.59 Å². The van der Waals surface area contributed by atoms with Gasteiger partial charge in [-0.05, 0) is 43.4 Å². The van der Waals surface area contributed by atoms with Crippen molar-refractivity contribution in [2.45, 2.75) is 77.0 Å². The molecule has 158 valence electrons. The van der Waals surface area contributed by atoms with Crippen molar-refractivity contribution >= 4 is 11.8 Å². The maximum Gasteiger partial charge on any atom is 0.225 e. The second kappa shape index (κ2) is 9.15. The molecule has 28 heavy (non-hydrogen) atoms. The van der Waals surface area contributed by atoms with Crippen LogP contribution in [0.15, 0.2) is 0 Å². The highest BCUT2D eigenvalue weighted by Crippen LogP contribution is 2.49. The smallest absolute Gasteiger partial charge is 0.225 e. The van der Waals surface area contributed by atoms with Crippen LogP contribution in [0.25, 0.3) is 0 Å². The molecule has 2 saturated heterocycles. The monoisotopic (exact) mass is 390 g/mol. The molecule has 5 nitrogen and oxygen atoms in total. The molecule has 0 bridgehead atoms. The molecule has 5 heteroatoms. The summed E-state index contributed by atoms with van der Waals surface area (Å²) in [6, 6.07) is 0. The molecule has 2 amide bonds. The fraction of sp³-hybridized carbons (Fsp3) is 0.913. The Morgan fingerprint density at radius 1 is 0.893 bits per heavy atom.